The van der Waals surface area contributed by atoms with Crippen LogP contribution in [0, 0.1) is 0 Å². The van der Waals surface area contributed by atoms with Crippen LogP contribution in [0.2, 0.25) is 5.02 Å². The van der Waals surface area contributed by atoms with Crippen LogP contribution < -0.4 is 19.8 Å². The molecule has 3 rings (SSSR count). The first-order valence-corrected chi connectivity index (χ1v) is 8.85. The zero-order valence-corrected chi connectivity index (χ0v) is 15.2. The highest BCUT2D eigenvalue weighted by Gasteiger charge is 2.22. The monoisotopic (exact) mass is 391 g/mol. The van der Waals surface area contributed by atoms with Crippen molar-refractivity contribution in [3.63, 3.8) is 0 Å². The summed E-state index contributed by atoms with van der Waals surface area (Å²) < 4.78 is 11.1. The van der Waals surface area contributed by atoms with Crippen LogP contribution in [0.3, 0.4) is 0 Å². The molecule has 0 spiro atoms. The Hall–Kier alpha value is -2.71. The second-order valence-electron chi connectivity index (χ2n) is 5.10. The zero-order valence-electron chi connectivity index (χ0n) is 13.6. The van der Waals surface area contributed by atoms with Crippen LogP contribution >= 0.6 is 23.4 Å². The third kappa shape index (κ3) is 4.09. The lowest BCUT2D eigenvalue weighted by molar-refractivity contribution is -0.705. The van der Waals surface area contributed by atoms with Crippen LogP contribution in [0.25, 0.3) is 5.69 Å². The molecule has 0 fully saturated rings. The van der Waals surface area contributed by atoms with Gasteiger partial charge in [0.05, 0.1) is 23.2 Å². The summed E-state index contributed by atoms with van der Waals surface area (Å²) in [5.41, 5.74) is 1.20. The number of methoxy groups -OCH3 is 1. The van der Waals surface area contributed by atoms with E-state index in [0.717, 1.165) is 11.8 Å². The predicted octanol–water partition coefficient (Wildman–Crippen LogP) is 2.42. The molecule has 26 heavy (non-hydrogen) atoms. The van der Waals surface area contributed by atoms with E-state index in [4.69, 9.17) is 20.9 Å². The fourth-order valence-electron chi connectivity index (χ4n) is 2.17. The molecule has 0 aliphatic carbocycles. The number of para-hydroxylation sites is 1. The molecule has 3 aromatic rings. The van der Waals surface area contributed by atoms with Gasteiger partial charge in [0.15, 0.2) is 5.95 Å². The number of carbonyl (C=O) groups is 1. The molecule has 0 saturated carbocycles. The minimum atomic E-state index is -0.598. The molecule has 7 nitrogen and oxygen atoms in total. The molecular formula is C17H14ClN3O4S. The van der Waals surface area contributed by atoms with E-state index in [1.165, 1.54) is 11.8 Å². The number of thioether (sulfide) groups is 1. The molecule has 1 heterocycles. The predicted molar refractivity (Wildman–Crippen MR) is 94.8 cm³/mol. The summed E-state index contributed by atoms with van der Waals surface area (Å²) >= 11 is 7.07. The summed E-state index contributed by atoms with van der Waals surface area (Å²) in [6, 6.07) is 14.0. The fourth-order valence-corrected chi connectivity index (χ4v) is 3.18. The van der Waals surface area contributed by atoms with E-state index in [2.05, 4.69) is 10.6 Å². The number of halogens is 1. The number of anilines is 1. The first kappa shape index (κ1) is 18.1. The number of hydrogen-bond acceptors (Lipinski definition) is 6. The van der Waals surface area contributed by atoms with Crippen molar-refractivity contribution in [2.75, 3.05) is 18.2 Å². The SMILES string of the molecule is COc1ccc(NC(=O)CSc2c([O-])on[n+]2-c2ccccc2)cc1Cl. The second kappa shape index (κ2) is 8.11. The third-order valence-corrected chi connectivity index (χ3v) is 4.66. The Morgan fingerprint density at radius 3 is 2.81 bits per heavy atom. The number of nitrogens with one attached hydrogen (secondary N) is 1. The average molecular weight is 392 g/mol. The molecule has 0 radical (unpaired) electrons. The molecule has 0 aliphatic heterocycles. The second-order valence-corrected chi connectivity index (χ2v) is 6.47. The third-order valence-electron chi connectivity index (χ3n) is 3.35. The van der Waals surface area contributed by atoms with E-state index in [1.54, 1.807) is 30.3 Å². The van der Waals surface area contributed by atoms with Gasteiger partial charge in [0.2, 0.25) is 11.6 Å². The van der Waals surface area contributed by atoms with Crippen molar-refractivity contribution in [2.24, 2.45) is 0 Å². The van der Waals surface area contributed by atoms with Crippen LogP contribution in [0.15, 0.2) is 58.1 Å². The Balaban J connectivity index is 1.67. The van der Waals surface area contributed by atoms with E-state index >= 15 is 0 Å². The van der Waals surface area contributed by atoms with Crippen molar-refractivity contribution < 1.29 is 23.8 Å². The van der Waals surface area contributed by atoms with Gasteiger partial charge >= 0.3 is 0 Å². The van der Waals surface area contributed by atoms with E-state index in [9.17, 15) is 9.90 Å². The highest BCUT2D eigenvalue weighted by Crippen LogP contribution is 2.28. The van der Waals surface area contributed by atoms with Crippen molar-refractivity contribution >= 4 is 35.0 Å². The van der Waals surface area contributed by atoms with Gasteiger partial charge in [0.1, 0.15) is 5.75 Å². The van der Waals surface area contributed by atoms with E-state index in [1.807, 2.05) is 18.2 Å². The molecule has 1 amide bonds. The molecule has 1 N–H and O–H groups in total. The minimum absolute atomic E-state index is 0.00688. The summed E-state index contributed by atoms with van der Waals surface area (Å²) in [6.45, 7) is 0. The van der Waals surface area contributed by atoms with Crippen molar-refractivity contribution in [1.82, 2.24) is 5.27 Å². The Bertz CT molecular complexity index is 918. The van der Waals surface area contributed by atoms with Gasteiger partial charge in [0, 0.05) is 17.8 Å². The van der Waals surface area contributed by atoms with E-state index < -0.39 is 5.95 Å². The number of amides is 1. The van der Waals surface area contributed by atoms with Crippen molar-refractivity contribution in [3.8, 4) is 17.4 Å². The summed E-state index contributed by atoms with van der Waals surface area (Å²) in [6.07, 6.45) is 0. The van der Waals surface area contributed by atoms with Crippen molar-refractivity contribution in [3.05, 3.63) is 53.6 Å². The number of nitrogens with zero attached hydrogens (tertiary/aromatic N) is 2. The number of hydrogen-bond donors (Lipinski definition) is 1. The zero-order chi connectivity index (χ0) is 18.5. The standard InChI is InChI=1S/C17H14ClN3O4S/c1-24-14-8-7-11(9-13(14)18)19-15(22)10-26-16-17(23)25-20-21(16)12-5-3-2-4-6-12/h2-9H,10H2,1H3,(H-,19,20,22,23). The molecule has 0 aliphatic rings. The molecule has 0 atom stereocenters. The largest absolute Gasteiger partial charge is 0.538 e. The molecule has 134 valence electrons. The van der Waals surface area contributed by atoms with Crippen molar-refractivity contribution in [1.29, 1.82) is 0 Å². The van der Waals surface area contributed by atoms with Gasteiger partial charge in [-0.05, 0) is 34.6 Å². The number of rotatable bonds is 6. The summed E-state index contributed by atoms with van der Waals surface area (Å²) in [5, 5.41) is 18.9. The van der Waals surface area contributed by atoms with E-state index in [0.29, 0.717) is 22.1 Å². The Morgan fingerprint density at radius 2 is 2.12 bits per heavy atom. The van der Waals surface area contributed by atoms with Gasteiger partial charge in [-0.15, -0.1) is 0 Å². The average Bonchev–Trinajstić information content (AvgIpc) is 3.01. The number of ether oxygens (including phenoxy) is 1. The molecule has 0 saturated heterocycles. The highest BCUT2D eigenvalue weighted by molar-refractivity contribution is 7.99. The molecule has 0 unspecified atom stereocenters. The maximum absolute atomic E-state index is 12.2. The first-order valence-electron chi connectivity index (χ1n) is 7.49. The smallest absolute Gasteiger partial charge is 0.298 e. The van der Waals surface area contributed by atoms with Gasteiger partial charge in [0.25, 0.3) is 5.03 Å². The minimum Gasteiger partial charge on any atom is -0.538 e. The van der Waals surface area contributed by atoms with Crippen LogP contribution in [0.4, 0.5) is 5.69 Å². The topological polar surface area (TPSA) is 91.3 Å². The number of aromatic nitrogens is 2. The number of benzene rings is 2. The fraction of sp³-hybridized carbons (Fsp3) is 0.118. The number of carbonyl (C=O) groups excluding carboxylic acids is 1. The molecule has 2 aromatic carbocycles. The quantitative estimate of drug-likeness (QED) is 0.512. The Morgan fingerprint density at radius 1 is 1.35 bits per heavy atom. The lowest BCUT2D eigenvalue weighted by Gasteiger charge is -2.07. The molecule has 1 aromatic heterocycles. The first-order chi connectivity index (χ1) is 12.6. The molecule has 9 heteroatoms. The molecular weight excluding hydrogens is 378 g/mol. The normalized spacial score (nSPS) is 10.5. The summed E-state index contributed by atoms with van der Waals surface area (Å²) in [7, 11) is 1.51. The Labute approximate surface area is 158 Å². The van der Waals surface area contributed by atoms with Gasteiger partial charge in [-0.2, -0.15) is 0 Å². The van der Waals surface area contributed by atoms with Gasteiger partial charge in [-0.3, -0.25) is 4.79 Å². The lowest BCUT2D eigenvalue weighted by Crippen LogP contribution is -2.35. The summed E-state index contributed by atoms with van der Waals surface area (Å²) in [4.78, 5) is 12.2. The maximum Gasteiger partial charge on any atom is 0.298 e. The van der Waals surface area contributed by atoms with E-state index in [-0.39, 0.29) is 16.7 Å². The summed E-state index contributed by atoms with van der Waals surface area (Å²) in [5.74, 6) is -0.369. The maximum atomic E-state index is 12.2. The van der Waals surface area contributed by atoms with Crippen LogP contribution in [0.1, 0.15) is 0 Å². The van der Waals surface area contributed by atoms with Crippen molar-refractivity contribution in [2.45, 2.75) is 5.03 Å². The van der Waals surface area contributed by atoms with Crippen LogP contribution in [-0.2, 0) is 4.79 Å². The van der Waals surface area contributed by atoms with Crippen LogP contribution in [0.5, 0.6) is 11.7 Å². The van der Waals surface area contributed by atoms with Gasteiger partial charge in [-0.25, -0.2) is 0 Å². The van der Waals surface area contributed by atoms with Gasteiger partial charge in [-0.1, -0.05) is 29.8 Å². The Kier molecular flexibility index (Phi) is 5.65. The highest BCUT2D eigenvalue weighted by atomic mass is 35.5. The molecule has 0 bridgehead atoms. The van der Waals surface area contributed by atoms with Gasteiger partial charge < -0.3 is 19.7 Å². The van der Waals surface area contributed by atoms with Crippen LogP contribution in [-0.4, -0.2) is 24.0 Å². The lowest BCUT2D eigenvalue weighted by atomic mass is 10.3.